The molecule has 2 rings (SSSR count). The van der Waals surface area contributed by atoms with Crippen molar-refractivity contribution in [2.75, 3.05) is 25.1 Å². The lowest BCUT2D eigenvalue weighted by atomic mass is 10.3. The van der Waals surface area contributed by atoms with Crippen LogP contribution in [0.25, 0.3) is 0 Å². The summed E-state index contributed by atoms with van der Waals surface area (Å²) in [5.74, 6) is 0.705. The van der Waals surface area contributed by atoms with Gasteiger partial charge in [0, 0.05) is 19.1 Å². The second kappa shape index (κ2) is 4.20. The van der Waals surface area contributed by atoms with E-state index in [4.69, 9.17) is 22.1 Å². The SMILES string of the molecule is COc1ncc(Cl)c(N2CCC(N)C2)n1. The van der Waals surface area contributed by atoms with Crippen LogP contribution in [-0.2, 0) is 0 Å². The molecule has 1 aliphatic heterocycles. The first kappa shape index (κ1) is 10.4. The van der Waals surface area contributed by atoms with Crippen LogP contribution in [0.3, 0.4) is 0 Å². The molecule has 1 saturated heterocycles. The highest BCUT2D eigenvalue weighted by Crippen LogP contribution is 2.26. The number of nitrogens with zero attached hydrogens (tertiary/aromatic N) is 3. The van der Waals surface area contributed by atoms with Crippen molar-refractivity contribution in [1.82, 2.24) is 9.97 Å². The Morgan fingerprint density at radius 1 is 1.67 bits per heavy atom. The Morgan fingerprint density at radius 3 is 3.07 bits per heavy atom. The normalized spacial score (nSPS) is 20.7. The van der Waals surface area contributed by atoms with E-state index >= 15 is 0 Å². The molecule has 0 spiro atoms. The summed E-state index contributed by atoms with van der Waals surface area (Å²) in [4.78, 5) is 10.2. The predicted octanol–water partition coefficient (Wildman–Crippen LogP) is 0.676. The number of aromatic nitrogens is 2. The Balaban J connectivity index is 2.26. The number of ether oxygens (including phenoxy) is 1. The molecule has 0 radical (unpaired) electrons. The van der Waals surface area contributed by atoms with Crippen molar-refractivity contribution in [2.24, 2.45) is 5.73 Å². The number of hydrogen-bond acceptors (Lipinski definition) is 5. The minimum absolute atomic E-state index is 0.196. The highest BCUT2D eigenvalue weighted by atomic mass is 35.5. The number of halogens is 1. The van der Waals surface area contributed by atoms with Crippen LogP contribution in [0, 0.1) is 0 Å². The van der Waals surface area contributed by atoms with E-state index in [1.807, 2.05) is 0 Å². The minimum Gasteiger partial charge on any atom is -0.467 e. The maximum Gasteiger partial charge on any atom is 0.318 e. The third kappa shape index (κ3) is 2.13. The summed E-state index contributed by atoms with van der Waals surface area (Å²) in [6, 6.07) is 0.525. The van der Waals surface area contributed by atoms with Gasteiger partial charge in [0.15, 0.2) is 5.82 Å². The zero-order valence-corrected chi connectivity index (χ0v) is 9.24. The van der Waals surface area contributed by atoms with Crippen LogP contribution in [0.5, 0.6) is 6.01 Å². The molecule has 1 fully saturated rings. The van der Waals surface area contributed by atoms with E-state index in [1.54, 1.807) is 6.20 Å². The van der Waals surface area contributed by atoms with Crippen molar-refractivity contribution >= 4 is 17.4 Å². The molecule has 5 nitrogen and oxygen atoms in total. The highest BCUT2D eigenvalue weighted by Gasteiger charge is 2.22. The Kier molecular flexibility index (Phi) is 2.93. The van der Waals surface area contributed by atoms with Crippen molar-refractivity contribution in [3.8, 4) is 6.01 Å². The lowest BCUT2D eigenvalue weighted by Gasteiger charge is -2.17. The molecule has 0 bridgehead atoms. The number of anilines is 1. The first-order valence-electron chi connectivity index (χ1n) is 4.77. The number of nitrogens with two attached hydrogens (primary N) is 1. The van der Waals surface area contributed by atoms with Crippen molar-refractivity contribution < 1.29 is 4.74 Å². The highest BCUT2D eigenvalue weighted by molar-refractivity contribution is 6.32. The van der Waals surface area contributed by atoms with Gasteiger partial charge in [0.25, 0.3) is 0 Å². The van der Waals surface area contributed by atoms with E-state index in [0.717, 1.165) is 19.5 Å². The largest absolute Gasteiger partial charge is 0.467 e. The summed E-state index contributed by atoms with van der Waals surface area (Å²) in [7, 11) is 1.53. The van der Waals surface area contributed by atoms with Crippen molar-refractivity contribution in [3.05, 3.63) is 11.2 Å². The van der Waals surface area contributed by atoms with Crippen LogP contribution >= 0.6 is 11.6 Å². The van der Waals surface area contributed by atoms with Crippen LogP contribution in [0.4, 0.5) is 5.82 Å². The molecule has 2 N–H and O–H groups in total. The molecule has 6 heteroatoms. The second-order valence-corrected chi connectivity index (χ2v) is 3.93. The van der Waals surface area contributed by atoms with Crippen molar-refractivity contribution in [1.29, 1.82) is 0 Å². The van der Waals surface area contributed by atoms with E-state index in [2.05, 4.69) is 14.9 Å². The summed E-state index contributed by atoms with van der Waals surface area (Å²) in [6.45, 7) is 1.65. The van der Waals surface area contributed by atoms with Gasteiger partial charge in [0.1, 0.15) is 5.02 Å². The van der Waals surface area contributed by atoms with Gasteiger partial charge in [-0.25, -0.2) is 4.98 Å². The average Bonchev–Trinajstić information content (AvgIpc) is 2.65. The lowest BCUT2D eigenvalue weighted by Crippen LogP contribution is -2.27. The topological polar surface area (TPSA) is 64.3 Å². The van der Waals surface area contributed by atoms with Crippen molar-refractivity contribution in [3.63, 3.8) is 0 Å². The van der Waals surface area contributed by atoms with Crippen LogP contribution in [0.15, 0.2) is 6.20 Å². The molecule has 0 saturated carbocycles. The van der Waals surface area contributed by atoms with E-state index < -0.39 is 0 Å². The Morgan fingerprint density at radius 2 is 2.47 bits per heavy atom. The van der Waals surface area contributed by atoms with E-state index in [9.17, 15) is 0 Å². The fraction of sp³-hybridized carbons (Fsp3) is 0.556. The maximum absolute atomic E-state index is 6.02. The molecule has 0 aliphatic carbocycles. The van der Waals surface area contributed by atoms with Gasteiger partial charge in [0.05, 0.1) is 13.3 Å². The van der Waals surface area contributed by atoms with E-state index in [-0.39, 0.29) is 6.04 Å². The molecule has 0 aromatic carbocycles. The number of hydrogen-bond donors (Lipinski definition) is 1. The molecule has 0 amide bonds. The van der Waals surface area contributed by atoms with Gasteiger partial charge in [-0.05, 0) is 6.42 Å². The number of rotatable bonds is 2. The third-order valence-corrected chi connectivity index (χ3v) is 2.68. The zero-order valence-electron chi connectivity index (χ0n) is 8.48. The standard InChI is InChI=1S/C9H13ClN4O/c1-15-9-12-4-7(10)8(13-9)14-3-2-6(11)5-14/h4,6H,2-3,5,11H2,1H3. The van der Waals surface area contributed by atoms with Gasteiger partial charge in [-0.15, -0.1) is 0 Å². The van der Waals surface area contributed by atoms with E-state index in [1.165, 1.54) is 7.11 Å². The summed E-state index contributed by atoms with van der Waals surface area (Å²) < 4.78 is 4.96. The molecule has 1 aromatic heterocycles. The van der Waals surface area contributed by atoms with Gasteiger partial charge >= 0.3 is 6.01 Å². The molecule has 1 unspecified atom stereocenters. The van der Waals surface area contributed by atoms with Gasteiger partial charge in [-0.2, -0.15) is 4.98 Å². The van der Waals surface area contributed by atoms with Crippen LogP contribution < -0.4 is 15.4 Å². The zero-order chi connectivity index (χ0) is 10.8. The summed E-state index contributed by atoms with van der Waals surface area (Å²) in [5, 5.41) is 0.532. The van der Waals surface area contributed by atoms with Gasteiger partial charge < -0.3 is 15.4 Å². The minimum atomic E-state index is 0.196. The smallest absolute Gasteiger partial charge is 0.318 e. The van der Waals surface area contributed by atoms with Crippen LogP contribution in [0.2, 0.25) is 5.02 Å². The molecule has 1 aliphatic rings. The van der Waals surface area contributed by atoms with Gasteiger partial charge in [0.2, 0.25) is 0 Å². The molecule has 82 valence electrons. The van der Waals surface area contributed by atoms with Crippen LogP contribution in [-0.4, -0.2) is 36.2 Å². The summed E-state index contributed by atoms with van der Waals surface area (Å²) >= 11 is 6.02. The predicted molar refractivity (Wildman–Crippen MR) is 58.4 cm³/mol. The molecule has 2 heterocycles. The first-order chi connectivity index (χ1) is 7.20. The summed E-state index contributed by atoms with van der Waals surface area (Å²) in [5.41, 5.74) is 5.82. The fourth-order valence-electron chi connectivity index (χ4n) is 1.64. The second-order valence-electron chi connectivity index (χ2n) is 3.52. The average molecular weight is 229 g/mol. The fourth-order valence-corrected chi connectivity index (χ4v) is 1.85. The Labute approximate surface area is 93.2 Å². The van der Waals surface area contributed by atoms with E-state index in [0.29, 0.717) is 16.9 Å². The number of methoxy groups -OCH3 is 1. The quantitative estimate of drug-likeness (QED) is 0.807. The van der Waals surface area contributed by atoms with Gasteiger partial charge in [-0.3, -0.25) is 0 Å². The monoisotopic (exact) mass is 228 g/mol. The molecule has 15 heavy (non-hydrogen) atoms. The Hall–Kier alpha value is -1.07. The summed E-state index contributed by atoms with van der Waals surface area (Å²) in [6.07, 6.45) is 2.51. The molecule has 1 aromatic rings. The van der Waals surface area contributed by atoms with Crippen LogP contribution in [0.1, 0.15) is 6.42 Å². The Bertz CT molecular complexity index is 360. The maximum atomic E-state index is 6.02. The third-order valence-electron chi connectivity index (χ3n) is 2.41. The lowest BCUT2D eigenvalue weighted by molar-refractivity contribution is 0.380. The van der Waals surface area contributed by atoms with Gasteiger partial charge in [-0.1, -0.05) is 11.6 Å². The molecule has 1 atom stereocenters. The molecular formula is C9H13ClN4O. The van der Waals surface area contributed by atoms with Crippen molar-refractivity contribution in [2.45, 2.75) is 12.5 Å². The first-order valence-corrected chi connectivity index (χ1v) is 5.15. The molecular weight excluding hydrogens is 216 g/mol.